The molecule has 1 heterocycles. The molecule has 7 aromatic carbocycles. The summed E-state index contributed by atoms with van der Waals surface area (Å²) in [5.74, 6) is 1.12. The Labute approximate surface area is 263 Å². The predicted molar refractivity (Wildman–Crippen MR) is 191 cm³/mol. The fourth-order valence-electron chi connectivity index (χ4n) is 8.23. The van der Waals surface area contributed by atoms with Crippen LogP contribution in [0.1, 0.15) is 44.1 Å². The standard InChI is InChI=1S/C43H34N2/c1-4-13-39-44-37-20-11-12-21-38(37)45(39)28-24-22-27(23-25-28)35-26-36-40-32-17-8-5-14-29(32)30-15-6-10-19-34(30)42(40)43(2,3)41(36)33-18-9-7-16-31(33)35/h5-12,14-26H,4,13H2,1-3H3. The van der Waals surface area contributed by atoms with Gasteiger partial charge in [0.15, 0.2) is 0 Å². The topological polar surface area (TPSA) is 17.8 Å². The zero-order valence-corrected chi connectivity index (χ0v) is 25.9. The molecule has 0 atom stereocenters. The SMILES string of the molecule is CCCc1nc2ccccc2n1-c1ccc(-c2cc3c(c4ccccc24)C(C)(C)c2c-3c3ccccc3c3ccccc23)cc1. The third-order valence-corrected chi connectivity index (χ3v) is 10.0. The van der Waals surface area contributed by atoms with Crippen LogP contribution in [0.2, 0.25) is 0 Å². The van der Waals surface area contributed by atoms with Crippen LogP contribution < -0.4 is 0 Å². The number of para-hydroxylation sites is 2. The van der Waals surface area contributed by atoms with Gasteiger partial charge >= 0.3 is 0 Å². The van der Waals surface area contributed by atoms with E-state index in [4.69, 9.17) is 4.98 Å². The molecule has 1 aliphatic carbocycles. The number of aromatic nitrogens is 2. The number of hydrogen-bond donors (Lipinski definition) is 0. The zero-order valence-electron chi connectivity index (χ0n) is 25.9. The van der Waals surface area contributed by atoms with Crippen LogP contribution in [-0.4, -0.2) is 9.55 Å². The van der Waals surface area contributed by atoms with Gasteiger partial charge in [0.1, 0.15) is 5.82 Å². The lowest BCUT2D eigenvalue weighted by molar-refractivity contribution is 0.672. The third-order valence-electron chi connectivity index (χ3n) is 10.0. The van der Waals surface area contributed by atoms with Crippen LogP contribution in [0.3, 0.4) is 0 Å². The normalized spacial score (nSPS) is 13.6. The molecule has 0 aliphatic heterocycles. The minimum atomic E-state index is -0.144. The number of benzene rings is 7. The second kappa shape index (κ2) is 9.64. The minimum Gasteiger partial charge on any atom is -0.296 e. The maximum Gasteiger partial charge on any atom is 0.114 e. The molecule has 2 nitrogen and oxygen atoms in total. The highest BCUT2D eigenvalue weighted by Gasteiger charge is 2.40. The van der Waals surface area contributed by atoms with E-state index in [2.05, 4.69) is 153 Å². The van der Waals surface area contributed by atoms with Crippen molar-refractivity contribution in [1.29, 1.82) is 0 Å². The first-order chi connectivity index (χ1) is 22.1. The second-order valence-electron chi connectivity index (χ2n) is 13.0. The van der Waals surface area contributed by atoms with Crippen LogP contribution in [0.15, 0.2) is 127 Å². The van der Waals surface area contributed by atoms with Crippen LogP contribution in [0.5, 0.6) is 0 Å². The number of rotatable bonds is 4. The molecule has 2 heteroatoms. The summed E-state index contributed by atoms with van der Waals surface area (Å²) in [6.45, 7) is 7.06. The third kappa shape index (κ3) is 3.66. The average Bonchev–Trinajstić information content (AvgIpc) is 3.56. The first-order valence-corrected chi connectivity index (χ1v) is 16.1. The van der Waals surface area contributed by atoms with Gasteiger partial charge in [-0.15, -0.1) is 0 Å². The van der Waals surface area contributed by atoms with Gasteiger partial charge in [-0.25, -0.2) is 4.98 Å². The van der Waals surface area contributed by atoms with Gasteiger partial charge in [-0.05, 0) is 102 Å². The van der Waals surface area contributed by atoms with Crippen molar-refractivity contribution in [2.24, 2.45) is 0 Å². The molecule has 1 aromatic heterocycles. The van der Waals surface area contributed by atoms with Gasteiger partial charge in [0, 0.05) is 17.5 Å². The van der Waals surface area contributed by atoms with E-state index in [0.717, 1.165) is 35.4 Å². The van der Waals surface area contributed by atoms with Crippen molar-refractivity contribution in [2.75, 3.05) is 0 Å². The van der Waals surface area contributed by atoms with Crippen LogP contribution in [-0.2, 0) is 11.8 Å². The Kier molecular flexibility index (Phi) is 5.62. The summed E-state index contributed by atoms with van der Waals surface area (Å²) in [6, 6.07) is 47.0. The van der Waals surface area contributed by atoms with Crippen molar-refractivity contribution in [1.82, 2.24) is 9.55 Å². The van der Waals surface area contributed by atoms with E-state index in [1.807, 2.05) is 0 Å². The summed E-state index contributed by atoms with van der Waals surface area (Å²) in [5.41, 5.74) is 11.4. The fraction of sp³-hybridized carbons (Fsp3) is 0.140. The van der Waals surface area contributed by atoms with E-state index < -0.39 is 0 Å². The van der Waals surface area contributed by atoms with Crippen molar-refractivity contribution in [3.63, 3.8) is 0 Å². The molecule has 0 saturated carbocycles. The predicted octanol–water partition coefficient (Wildman–Crippen LogP) is 11.4. The van der Waals surface area contributed by atoms with E-state index >= 15 is 0 Å². The molecule has 0 saturated heterocycles. The molecule has 0 fully saturated rings. The van der Waals surface area contributed by atoms with Gasteiger partial charge in [0.25, 0.3) is 0 Å². The second-order valence-corrected chi connectivity index (χ2v) is 13.0. The van der Waals surface area contributed by atoms with Crippen molar-refractivity contribution in [2.45, 2.75) is 39.0 Å². The Morgan fingerprint density at radius 1 is 0.578 bits per heavy atom. The van der Waals surface area contributed by atoms with E-state index in [1.54, 1.807) is 0 Å². The molecule has 0 radical (unpaired) electrons. The molecule has 8 aromatic rings. The summed E-state index contributed by atoms with van der Waals surface area (Å²) in [5, 5.41) is 8.00. The molecule has 45 heavy (non-hydrogen) atoms. The molecular weight excluding hydrogens is 544 g/mol. The van der Waals surface area contributed by atoms with Crippen molar-refractivity contribution >= 4 is 43.4 Å². The van der Waals surface area contributed by atoms with Gasteiger partial charge in [0.2, 0.25) is 0 Å². The highest BCUT2D eigenvalue weighted by molar-refractivity contribution is 6.20. The molecule has 0 N–H and O–H groups in total. The van der Waals surface area contributed by atoms with Gasteiger partial charge in [0.05, 0.1) is 11.0 Å². The Bertz CT molecular complexity index is 2460. The zero-order chi connectivity index (χ0) is 30.3. The molecule has 0 spiro atoms. The van der Waals surface area contributed by atoms with Crippen LogP contribution in [0.25, 0.3) is 71.3 Å². The monoisotopic (exact) mass is 578 g/mol. The van der Waals surface area contributed by atoms with Crippen molar-refractivity contribution in [3.05, 3.63) is 144 Å². The van der Waals surface area contributed by atoms with Crippen molar-refractivity contribution < 1.29 is 0 Å². The summed E-state index contributed by atoms with van der Waals surface area (Å²) in [4.78, 5) is 4.98. The first-order valence-electron chi connectivity index (χ1n) is 16.1. The number of hydrogen-bond acceptors (Lipinski definition) is 1. The van der Waals surface area contributed by atoms with E-state index in [1.165, 1.54) is 65.7 Å². The summed E-state index contributed by atoms with van der Waals surface area (Å²) >= 11 is 0. The van der Waals surface area contributed by atoms with Gasteiger partial charge in [-0.2, -0.15) is 0 Å². The molecule has 1 aliphatic rings. The summed E-state index contributed by atoms with van der Waals surface area (Å²) < 4.78 is 2.33. The van der Waals surface area contributed by atoms with Crippen LogP contribution in [0, 0.1) is 0 Å². The molecule has 0 bridgehead atoms. The summed E-state index contributed by atoms with van der Waals surface area (Å²) in [7, 11) is 0. The van der Waals surface area contributed by atoms with Crippen LogP contribution >= 0.6 is 0 Å². The molecular formula is C43H34N2. The number of nitrogens with zero attached hydrogens (tertiary/aromatic N) is 2. The molecule has 9 rings (SSSR count). The van der Waals surface area contributed by atoms with Gasteiger partial charge in [-0.1, -0.05) is 118 Å². The Morgan fingerprint density at radius 3 is 1.87 bits per heavy atom. The number of aryl methyl sites for hydroxylation is 1. The highest BCUT2D eigenvalue weighted by atomic mass is 15.1. The fourth-order valence-corrected chi connectivity index (χ4v) is 8.23. The van der Waals surface area contributed by atoms with Gasteiger partial charge < -0.3 is 0 Å². The first kappa shape index (κ1) is 26.2. The quantitative estimate of drug-likeness (QED) is 0.190. The average molecular weight is 579 g/mol. The number of fused-ring (bicyclic) bond motifs is 11. The lowest BCUT2D eigenvalue weighted by Gasteiger charge is -2.25. The maximum atomic E-state index is 4.98. The van der Waals surface area contributed by atoms with E-state index in [9.17, 15) is 0 Å². The van der Waals surface area contributed by atoms with Crippen molar-refractivity contribution in [3.8, 4) is 27.9 Å². The Hall–Kier alpha value is -5.21. The minimum absolute atomic E-state index is 0.144. The lowest BCUT2D eigenvalue weighted by Crippen LogP contribution is -2.16. The van der Waals surface area contributed by atoms with Gasteiger partial charge in [-0.3, -0.25) is 4.57 Å². The summed E-state index contributed by atoms with van der Waals surface area (Å²) in [6.07, 6.45) is 2.01. The molecule has 0 amide bonds. The molecule has 0 unspecified atom stereocenters. The highest BCUT2D eigenvalue weighted by Crippen LogP contribution is 2.57. The van der Waals surface area contributed by atoms with E-state index in [0.29, 0.717) is 0 Å². The molecule has 216 valence electrons. The Morgan fingerprint density at radius 2 is 1.16 bits per heavy atom. The lowest BCUT2D eigenvalue weighted by atomic mass is 9.77. The largest absolute Gasteiger partial charge is 0.296 e. The maximum absolute atomic E-state index is 4.98. The number of imidazole rings is 1. The van der Waals surface area contributed by atoms with E-state index in [-0.39, 0.29) is 5.41 Å². The smallest absolute Gasteiger partial charge is 0.114 e. The van der Waals surface area contributed by atoms with Crippen LogP contribution in [0.4, 0.5) is 0 Å². The Balaban J connectivity index is 1.30.